The number of hydrogen-bond acceptors (Lipinski definition) is 4. The Labute approximate surface area is 163 Å². The first-order chi connectivity index (χ1) is 12.5. The van der Waals surface area contributed by atoms with Gasteiger partial charge in [0, 0.05) is 23.5 Å². The van der Waals surface area contributed by atoms with Crippen molar-refractivity contribution >= 4 is 34.8 Å². The molecule has 0 aliphatic heterocycles. The number of primary amides is 1. The van der Waals surface area contributed by atoms with Crippen LogP contribution in [-0.4, -0.2) is 22.4 Å². The molecule has 1 amide bonds. The second-order valence-corrected chi connectivity index (χ2v) is 7.63. The molecule has 2 N–H and O–H groups in total. The highest BCUT2D eigenvalue weighted by molar-refractivity contribution is 6.30. The van der Waals surface area contributed by atoms with Crippen LogP contribution in [0, 0.1) is 5.41 Å². The summed E-state index contributed by atoms with van der Waals surface area (Å²) in [5.74, 6) is -0.225. The van der Waals surface area contributed by atoms with Crippen LogP contribution in [0.15, 0.2) is 36.5 Å². The molecule has 1 aliphatic rings. The fraction of sp³-hybridized carbons (Fsp3) is 0.421. The summed E-state index contributed by atoms with van der Waals surface area (Å²) in [5.41, 5.74) is 7.07. The van der Waals surface area contributed by atoms with Crippen LogP contribution >= 0.6 is 23.2 Å². The van der Waals surface area contributed by atoms with E-state index in [2.05, 4.69) is 14.9 Å². The monoisotopic (exact) mass is 392 g/mol. The fourth-order valence-electron chi connectivity index (χ4n) is 3.62. The predicted octanol–water partition coefficient (Wildman–Crippen LogP) is 4.23. The molecular weight excluding hydrogens is 371 g/mol. The Morgan fingerprint density at radius 1 is 1.12 bits per heavy atom. The van der Waals surface area contributed by atoms with Crippen LogP contribution in [0.5, 0.6) is 0 Å². The Balaban J connectivity index is 1.91. The Hall–Kier alpha value is -1.85. The fourth-order valence-corrected chi connectivity index (χ4v) is 3.91. The molecule has 0 saturated heterocycles. The number of carbonyl (C=O) groups is 1. The van der Waals surface area contributed by atoms with Crippen molar-refractivity contribution in [3.05, 3.63) is 52.5 Å². The quantitative estimate of drug-likeness (QED) is 0.746. The lowest BCUT2D eigenvalue weighted by Crippen LogP contribution is -2.47. The lowest BCUT2D eigenvalue weighted by molar-refractivity contribution is -0.129. The van der Waals surface area contributed by atoms with E-state index in [0.29, 0.717) is 18.1 Å². The third-order valence-electron chi connectivity index (χ3n) is 5.06. The second-order valence-electron chi connectivity index (χ2n) is 6.85. The van der Waals surface area contributed by atoms with Gasteiger partial charge in [0.2, 0.25) is 11.2 Å². The van der Waals surface area contributed by atoms with Crippen molar-refractivity contribution < 1.29 is 4.79 Å². The predicted molar refractivity (Wildman–Crippen MR) is 104 cm³/mol. The van der Waals surface area contributed by atoms with E-state index in [0.717, 1.165) is 43.5 Å². The normalized spacial score (nSPS) is 16.2. The van der Waals surface area contributed by atoms with Crippen molar-refractivity contribution in [3.8, 4) is 0 Å². The van der Waals surface area contributed by atoms with E-state index in [1.165, 1.54) is 0 Å². The number of nitrogens with zero attached hydrogens (tertiary/aromatic N) is 3. The Kier molecular flexibility index (Phi) is 5.99. The smallest absolute Gasteiger partial charge is 0.225 e. The van der Waals surface area contributed by atoms with Crippen LogP contribution in [0.1, 0.15) is 37.8 Å². The summed E-state index contributed by atoms with van der Waals surface area (Å²) < 4.78 is 0. The average molecular weight is 393 g/mol. The molecule has 1 aliphatic carbocycles. The Morgan fingerprint density at radius 3 is 2.42 bits per heavy atom. The van der Waals surface area contributed by atoms with Crippen molar-refractivity contribution in [2.45, 2.75) is 38.6 Å². The summed E-state index contributed by atoms with van der Waals surface area (Å²) in [6.07, 6.45) is 6.47. The van der Waals surface area contributed by atoms with E-state index in [4.69, 9.17) is 28.9 Å². The van der Waals surface area contributed by atoms with Crippen LogP contribution in [0.3, 0.4) is 0 Å². The molecule has 0 radical (unpaired) electrons. The molecule has 3 rings (SSSR count). The van der Waals surface area contributed by atoms with Crippen molar-refractivity contribution in [1.82, 2.24) is 9.97 Å². The van der Waals surface area contributed by atoms with Gasteiger partial charge in [-0.3, -0.25) is 4.79 Å². The zero-order chi connectivity index (χ0) is 18.6. The van der Waals surface area contributed by atoms with Crippen molar-refractivity contribution in [2.24, 2.45) is 11.1 Å². The molecule has 1 saturated carbocycles. The van der Waals surface area contributed by atoms with Gasteiger partial charge < -0.3 is 10.6 Å². The van der Waals surface area contributed by atoms with E-state index in [9.17, 15) is 4.79 Å². The largest absolute Gasteiger partial charge is 0.369 e. The maximum absolute atomic E-state index is 12.3. The van der Waals surface area contributed by atoms with Crippen LogP contribution in [0.2, 0.25) is 10.3 Å². The topological polar surface area (TPSA) is 72.1 Å². The first-order valence-electron chi connectivity index (χ1n) is 8.76. The van der Waals surface area contributed by atoms with Gasteiger partial charge in [-0.05, 0) is 54.8 Å². The van der Waals surface area contributed by atoms with Crippen LogP contribution in [0.25, 0.3) is 0 Å². The van der Waals surface area contributed by atoms with Gasteiger partial charge in [-0.2, -0.15) is 0 Å². The molecule has 138 valence electrons. The minimum Gasteiger partial charge on any atom is -0.369 e. The molecule has 5 nitrogen and oxygen atoms in total. The molecule has 0 unspecified atom stereocenters. The molecule has 7 heteroatoms. The zero-order valence-electron chi connectivity index (χ0n) is 14.5. The number of halogens is 2. The van der Waals surface area contributed by atoms with E-state index in [1.54, 1.807) is 6.20 Å². The van der Waals surface area contributed by atoms with Gasteiger partial charge in [0.25, 0.3) is 0 Å². The van der Waals surface area contributed by atoms with Crippen molar-refractivity contribution in [3.63, 3.8) is 0 Å². The summed E-state index contributed by atoms with van der Waals surface area (Å²) in [4.78, 5) is 22.7. The number of anilines is 1. The molecule has 1 fully saturated rings. The number of rotatable bonds is 6. The Morgan fingerprint density at radius 2 is 1.81 bits per heavy atom. The summed E-state index contributed by atoms with van der Waals surface area (Å²) in [5, 5.41) is 0.877. The van der Waals surface area contributed by atoms with Gasteiger partial charge in [0.1, 0.15) is 0 Å². The van der Waals surface area contributed by atoms with E-state index >= 15 is 0 Å². The van der Waals surface area contributed by atoms with E-state index < -0.39 is 5.41 Å². The molecule has 0 spiro atoms. The molecule has 26 heavy (non-hydrogen) atoms. The number of nitrogens with two attached hydrogens (primary N) is 1. The summed E-state index contributed by atoms with van der Waals surface area (Å²) in [6.45, 7) is 1.06. The highest BCUT2D eigenvalue weighted by atomic mass is 35.5. The number of hydrogen-bond donors (Lipinski definition) is 1. The summed E-state index contributed by atoms with van der Waals surface area (Å²) in [7, 11) is 0. The third-order valence-corrected chi connectivity index (χ3v) is 5.49. The van der Waals surface area contributed by atoms with Crippen LogP contribution < -0.4 is 10.6 Å². The third kappa shape index (κ3) is 4.46. The zero-order valence-corrected chi connectivity index (χ0v) is 16.0. The van der Waals surface area contributed by atoms with E-state index in [1.807, 2.05) is 30.3 Å². The number of benzene rings is 1. The molecule has 0 bridgehead atoms. The van der Waals surface area contributed by atoms with Gasteiger partial charge in [0.15, 0.2) is 0 Å². The first-order valence-corrected chi connectivity index (χ1v) is 9.52. The number of amides is 1. The molecular formula is C19H22Cl2N4O. The Bertz CT molecular complexity index is 760. The minimum atomic E-state index is -0.519. The highest BCUT2D eigenvalue weighted by Crippen LogP contribution is 2.38. The number of carbonyl (C=O) groups excluding carboxylic acids is 1. The number of aromatic nitrogens is 2. The maximum atomic E-state index is 12.3. The minimum absolute atomic E-state index is 0.209. The first kappa shape index (κ1) is 18.9. The van der Waals surface area contributed by atoms with Gasteiger partial charge >= 0.3 is 0 Å². The van der Waals surface area contributed by atoms with Crippen molar-refractivity contribution in [2.75, 3.05) is 11.4 Å². The van der Waals surface area contributed by atoms with E-state index in [-0.39, 0.29) is 11.2 Å². The standard InChI is InChI=1S/C19H22Cl2N4O/c20-14-4-6-16(7-5-14)25(12-15-8-11-23-18(21)24-15)13-19(17(22)26)9-2-1-3-10-19/h4-8,11H,1-3,9-10,12-13H2,(H2,22,26). The SMILES string of the molecule is NC(=O)C1(CN(Cc2ccnc(Cl)n2)c2ccc(Cl)cc2)CCCCC1. The average Bonchev–Trinajstić information content (AvgIpc) is 2.62. The second kappa shape index (κ2) is 8.23. The molecule has 1 aromatic heterocycles. The van der Waals surface area contributed by atoms with Gasteiger partial charge in [0.05, 0.1) is 17.7 Å². The lowest BCUT2D eigenvalue weighted by Gasteiger charge is -2.39. The molecule has 2 aromatic rings. The summed E-state index contributed by atoms with van der Waals surface area (Å²) >= 11 is 12.0. The van der Waals surface area contributed by atoms with Crippen LogP contribution in [0.4, 0.5) is 5.69 Å². The summed E-state index contributed by atoms with van der Waals surface area (Å²) in [6, 6.07) is 9.40. The van der Waals surface area contributed by atoms with Gasteiger partial charge in [-0.15, -0.1) is 0 Å². The molecule has 0 atom stereocenters. The van der Waals surface area contributed by atoms with Gasteiger partial charge in [-0.1, -0.05) is 30.9 Å². The van der Waals surface area contributed by atoms with Gasteiger partial charge in [-0.25, -0.2) is 9.97 Å². The maximum Gasteiger partial charge on any atom is 0.225 e. The molecule has 1 heterocycles. The highest BCUT2D eigenvalue weighted by Gasteiger charge is 2.39. The molecule has 1 aromatic carbocycles. The lowest BCUT2D eigenvalue weighted by atomic mass is 9.73. The van der Waals surface area contributed by atoms with Crippen molar-refractivity contribution in [1.29, 1.82) is 0 Å². The van der Waals surface area contributed by atoms with Crippen LogP contribution in [-0.2, 0) is 11.3 Å².